The summed E-state index contributed by atoms with van der Waals surface area (Å²) in [5.41, 5.74) is 3.44. The Hall–Kier alpha value is -1.78. The first-order valence-electron chi connectivity index (χ1n) is 5.83. The summed E-state index contributed by atoms with van der Waals surface area (Å²) in [5, 5.41) is 11.9. The van der Waals surface area contributed by atoms with Gasteiger partial charge in [-0.05, 0) is 26.3 Å². The van der Waals surface area contributed by atoms with Crippen molar-refractivity contribution in [2.75, 3.05) is 5.32 Å². The zero-order valence-corrected chi connectivity index (χ0v) is 10.8. The van der Waals surface area contributed by atoms with Crippen LogP contribution in [0.1, 0.15) is 31.1 Å². The molecule has 0 saturated carbocycles. The molecule has 0 unspecified atom stereocenters. The molecule has 0 aromatic carbocycles. The van der Waals surface area contributed by atoms with Crippen LogP contribution in [0.2, 0.25) is 0 Å². The number of hydrogen-bond donors (Lipinski definition) is 1. The van der Waals surface area contributed by atoms with E-state index in [4.69, 9.17) is 0 Å². The summed E-state index contributed by atoms with van der Waals surface area (Å²) < 4.78 is 3.84. The van der Waals surface area contributed by atoms with Crippen molar-refractivity contribution in [1.29, 1.82) is 0 Å². The van der Waals surface area contributed by atoms with Crippen molar-refractivity contribution in [3.05, 3.63) is 29.8 Å². The number of rotatable bonds is 4. The van der Waals surface area contributed by atoms with Gasteiger partial charge in [0.05, 0.1) is 30.3 Å². The number of nitrogens with one attached hydrogen (secondary N) is 1. The minimum atomic E-state index is 0.393. The number of anilines is 1. The fourth-order valence-electron chi connectivity index (χ4n) is 1.72. The third kappa shape index (κ3) is 2.49. The molecule has 5 nitrogen and oxygen atoms in total. The van der Waals surface area contributed by atoms with E-state index in [1.54, 1.807) is 0 Å². The predicted octanol–water partition coefficient (Wildman–Crippen LogP) is 2.12. The van der Waals surface area contributed by atoms with Gasteiger partial charge in [0.15, 0.2) is 0 Å². The molecule has 2 heterocycles. The molecule has 2 aromatic heterocycles. The van der Waals surface area contributed by atoms with Gasteiger partial charge in [0.1, 0.15) is 0 Å². The van der Waals surface area contributed by atoms with Gasteiger partial charge in [-0.15, -0.1) is 0 Å². The van der Waals surface area contributed by atoms with E-state index < -0.39 is 0 Å². The Labute approximate surface area is 101 Å². The Kier molecular flexibility index (Phi) is 3.17. The third-order valence-electron chi connectivity index (χ3n) is 2.86. The van der Waals surface area contributed by atoms with Gasteiger partial charge in [0, 0.05) is 19.3 Å². The van der Waals surface area contributed by atoms with E-state index in [1.165, 1.54) is 11.3 Å². The zero-order valence-electron chi connectivity index (χ0n) is 10.8. The van der Waals surface area contributed by atoms with Crippen molar-refractivity contribution in [3.8, 4) is 0 Å². The summed E-state index contributed by atoms with van der Waals surface area (Å²) in [7, 11) is 1.96. The molecule has 0 atom stereocenters. The van der Waals surface area contributed by atoms with Crippen LogP contribution in [0.4, 0.5) is 5.69 Å². The molecule has 0 aliphatic rings. The van der Waals surface area contributed by atoms with Crippen LogP contribution in [-0.4, -0.2) is 19.6 Å². The quantitative estimate of drug-likeness (QED) is 0.880. The van der Waals surface area contributed by atoms with Crippen LogP contribution >= 0.6 is 0 Å². The SMILES string of the molecule is Cc1cnn(C)c1CNc1cnn(C(C)C)c1. The molecule has 17 heavy (non-hydrogen) atoms. The molecule has 0 radical (unpaired) electrons. The molecule has 0 saturated heterocycles. The lowest BCUT2D eigenvalue weighted by molar-refractivity contribution is 0.532. The highest BCUT2D eigenvalue weighted by atomic mass is 15.3. The van der Waals surface area contributed by atoms with Gasteiger partial charge < -0.3 is 5.32 Å². The molecule has 0 spiro atoms. The summed E-state index contributed by atoms with van der Waals surface area (Å²) in [6.45, 7) is 7.07. The Morgan fingerprint density at radius 2 is 2.06 bits per heavy atom. The maximum absolute atomic E-state index is 4.29. The largest absolute Gasteiger partial charge is 0.377 e. The molecule has 0 aliphatic carbocycles. The van der Waals surface area contributed by atoms with Crippen LogP contribution in [-0.2, 0) is 13.6 Å². The lowest BCUT2D eigenvalue weighted by Gasteiger charge is -2.06. The average Bonchev–Trinajstić information content (AvgIpc) is 2.85. The zero-order chi connectivity index (χ0) is 12.4. The van der Waals surface area contributed by atoms with E-state index in [1.807, 2.05) is 35.0 Å². The fourth-order valence-corrected chi connectivity index (χ4v) is 1.72. The highest BCUT2D eigenvalue weighted by molar-refractivity contribution is 5.39. The van der Waals surface area contributed by atoms with Crippen LogP contribution in [0.3, 0.4) is 0 Å². The number of hydrogen-bond acceptors (Lipinski definition) is 3. The minimum absolute atomic E-state index is 0.393. The number of nitrogens with zero attached hydrogens (tertiary/aromatic N) is 4. The lowest BCUT2D eigenvalue weighted by atomic mass is 10.3. The second-order valence-corrected chi connectivity index (χ2v) is 4.55. The summed E-state index contributed by atoms with van der Waals surface area (Å²) in [6.07, 6.45) is 5.76. The molecule has 2 aromatic rings. The minimum Gasteiger partial charge on any atom is -0.377 e. The van der Waals surface area contributed by atoms with Crippen molar-refractivity contribution in [2.45, 2.75) is 33.4 Å². The van der Waals surface area contributed by atoms with Gasteiger partial charge in [-0.2, -0.15) is 10.2 Å². The fraction of sp³-hybridized carbons (Fsp3) is 0.500. The van der Waals surface area contributed by atoms with E-state index in [0.717, 1.165) is 12.2 Å². The topological polar surface area (TPSA) is 47.7 Å². The first kappa shape index (κ1) is 11.7. The van der Waals surface area contributed by atoms with Gasteiger partial charge in [-0.25, -0.2) is 0 Å². The van der Waals surface area contributed by atoms with E-state index in [9.17, 15) is 0 Å². The van der Waals surface area contributed by atoms with E-state index in [-0.39, 0.29) is 0 Å². The van der Waals surface area contributed by atoms with E-state index in [2.05, 4.69) is 36.3 Å². The molecule has 2 rings (SSSR count). The van der Waals surface area contributed by atoms with Crippen LogP contribution in [0.5, 0.6) is 0 Å². The molecule has 0 amide bonds. The highest BCUT2D eigenvalue weighted by Crippen LogP contribution is 2.12. The summed E-state index contributed by atoms with van der Waals surface area (Å²) >= 11 is 0. The van der Waals surface area contributed by atoms with Crippen molar-refractivity contribution < 1.29 is 0 Å². The van der Waals surface area contributed by atoms with Gasteiger partial charge in [-0.1, -0.05) is 0 Å². The smallest absolute Gasteiger partial charge is 0.0729 e. The van der Waals surface area contributed by atoms with Crippen molar-refractivity contribution in [2.24, 2.45) is 7.05 Å². The molecular formula is C12H19N5. The number of aryl methyl sites for hydroxylation is 2. The average molecular weight is 233 g/mol. The summed E-state index contributed by atoms with van der Waals surface area (Å²) in [4.78, 5) is 0. The lowest BCUT2D eigenvalue weighted by Crippen LogP contribution is -2.06. The molecule has 0 aliphatic heterocycles. The molecular weight excluding hydrogens is 214 g/mol. The van der Waals surface area contributed by atoms with Gasteiger partial charge in [0.25, 0.3) is 0 Å². The molecule has 0 bridgehead atoms. The second-order valence-electron chi connectivity index (χ2n) is 4.55. The van der Waals surface area contributed by atoms with E-state index >= 15 is 0 Å². The second kappa shape index (κ2) is 4.61. The van der Waals surface area contributed by atoms with Crippen LogP contribution < -0.4 is 5.32 Å². The van der Waals surface area contributed by atoms with Crippen LogP contribution in [0.15, 0.2) is 18.6 Å². The maximum Gasteiger partial charge on any atom is 0.0729 e. The van der Waals surface area contributed by atoms with E-state index in [0.29, 0.717) is 6.04 Å². The Balaban J connectivity index is 2.02. The molecule has 5 heteroatoms. The molecule has 92 valence electrons. The predicted molar refractivity (Wildman–Crippen MR) is 67.9 cm³/mol. The van der Waals surface area contributed by atoms with Crippen LogP contribution in [0.25, 0.3) is 0 Å². The molecule has 0 fully saturated rings. The van der Waals surface area contributed by atoms with Crippen molar-refractivity contribution in [3.63, 3.8) is 0 Å². The standard InChI is InChI=1S/C12H19N5/c1-9(2)17-8-11(6-15-17)13-7-12-10(3)5-14-16(12)4/h5-6,8-9,13H,7H2,1-4H3. The first-order valence-corrected chi connectivity index (χ1v) is 5.83. The molecule has 1 N–H and O–H groups in total. The number of aromatic nitrogens is 4. The highest BCUT2D eigenvalue weighted by Gasteiger charge is 2.05. The first-order chi connectivity index (χ1) is 8.08. The monoisotopic (exact) mass is 233 g/mol. The van der Waals surface area contributed by atoms with Gasteiger partial charge >= 0.3 is 0 Å². The van der Waals surface area contributed by atoms with Gasteiger partial charge in [-0.3, -0.25) is 9.36 Å². The maximum atomic E-state index is 4.29. The van der Waals surface area contributed by atoms with Crippen molar-refractivity contribution in [1.82, 2.24) is 19.6 Å². The third-order valence-corrected chi connectivity index (χ3v) is 2.86. The Bertz CT molecular complexity index is 475. The Morgan fingerprint density at radius 1 is 1.29 bits per heavy atom. The normalized spacial score (nSPS) is 11.1. The van der Waals surface area contributed by atoms with Crippen molar-refractivity contribution >= 4 is 5.69 Å². The Morgan fingerprint density at radius 3 is 2.59 bits per heavy atom. The summed E-state index contributed by atoms with van der Waals surface area (Å²) in [5.74, 6) is 0. The van der Waals surface area contributed by atoms with Gasteiger partial charge in [0.2, 0.25) is 0 Å². The van der Waals surface area contributed by atoms with Crippen LogP contribution in [0, 0.1) is 6.92 Å². The summed E-state index contributed by atoms with van der Waals surface area (Å²) in [6, 6.07) is 0.393.